The van der Waals surface area contributed by atoms with Crippen LogP contribution in [0.3, 0.4) is 0 Å². The molecule has 1 aromatic carbocycles. The fourth-order valence-corrected chi connectivity index (χ4v) is 2.60. The second kappa shape index (κ2) is 6.22. The Bertz CT molecular complexity index is 1310. The molecule has 0 aromatic heterocycles. The largest absolute Gasteiger partial charge is 0.507 e. The Balaban J connectivity index is 2.39. The molecule has 0 saturated heterocycles. The number of aryl methyl sites for hydroxylation is 1. The van der Waals surface area contributed by atoms with Crippen molar-refractivity contribution in [1.82, 2.24) is 0 Å². The van der Waals surface area contributed by atoms with Crippen molar-refractivity contribution in [2.24, 2.45) is 5.89 Å². The van der Waals surface area contributed by atoms with Crippen molar-refractivity contribution < 1.29 is 34.5 Å². The minimum absolute atomic E-state index is 0.525. The normalized spacial score (nSPS) is 50.9. The highest BCUT2D eigenvalue weighted by Gasteiger charge is 2.45. The smallest absolute Gasteiger partial charge is 0.127 e. The van der Waals surface area contributed by atoms with E-state index in [0.29, 0.717) is 6.07 Å². The summed E-state index contributed by atoms with van der Waals surface area (Å²) < 4.78 is 154. The molecule has 1 aliphatic heterocycles. The maximum atomic E-state index is 11.1. The van der Waals surface area contributed by atoms with Gasteiger partial charge in [0.05, 0.1) is 1.37 Å². The van der Waals surface area contributed by atoms with Crippen molar-refractivity contribution in [2.45, 2.75) is 77.4 Å². The third kappa shape index (κ3) is 3.13. The number of rotatable bonds is 4. The van der Waals surface area contributed by atoms with Crippen LogP contribution in [0, 0.1) is 5.89 Å². The van der Waals surface area contributed by atoms with Gasteiger partial charge in [0.2, 0.25) is 0 Å². The molecular weight excluding hydrogens is 284 g/mol. The molecule has 0 unspecified atom stereocenters. The molecule has 0 amide bonds. The van der Waals surface area contributed by atoms with Gasteiger partial charge in [-0.2, -0.15) is 0 Å². The molecule has 2 aliphatic rings. The average molecular weight is 333 g/mol. The van der Waals surface area contributed by atoms with Gasteiger partial charge in [0.25, 0.3) is 0 Å². The first-order chi connectivity index (χ1) is 17.8. The van der Waals surface area contributed by atoms with Crippen LogP contribution in [0.15, 0.2) is 23.8 Å². The molecule has 2 atom stereocenters. The molecular formula is C21H30O2. The number of benzene rings is 1. The Hall–Kier alpha value is -1.44. The first kappa shape index (κ1) is 5.28. The predicted molar refractivity (Wildman–Crippen MR) is 95.3 cm³/mol. The molecule has 0 bridgehead atoms. The Labute approximate surface area is 165 Å². The van der Waals surface area contributed by atoms with Crippen molar-refractivity contribution in [1.29, 1.82) is 0 Å². The summed E-state index contributed by atoms with van der Waals surface area (Å²) in [6, 6.07) is 0.388. The number of phenolic OH excluding ortho intramolecular Hbond substituents is 1. The van der Waals surface area contributed by atoms with E-state index in [-0.39, 0.29) is 0 Å². The van der Waals surface area contributed by atoms with Crippen molar-refractivity contribution >= 4 is 0 Å². The van der Waals surface area contributed by atoms with E-state index in [0.717, 1.165) is 26.8 Å². The molecule has 126 valence electrons. The van der Waals surface area contributed by atoms with Gasteiger partial charge in [-0.05, 0) is 64.0 Å². The summed E-state index contributed by atoms with van der Waals surface area (Å²) in [5, 5.41) is 11.1. The third-order valence-corrected chi connectivity index (χ3v) is 3.57. The van der Waals surface area contributed by atoms with E-state index in [4.69, 9.17) is 26.7 Å². The van der Waals surface area contributed by atoms with Gasteiger partial charge in [0.1, 0.15) is 17.1 Å². The molecule has 1 N–H and O–H groups in total. The van der Waals surface area contributed by atoms with Crippen LogP contribution >= 0.6 is 0 Å². The molecule has 0 radical (unpaired) electrons. The molecule has 0 saturated carbocycles. The molecule has 0 spiro atoms. The van der Waals surface area contributed by atoms with Crippen LogP contribution < -0.4 is 4.74 Å². The molecule has 0 fully saturated rings. The molecule has 3 rings (SSSR count). The van der Waals surface area contributed by atoms with Gasteiger partial charge in [-0.3, -0.25) is 0 Å². The number of aromatic hydroxyl groups is 1. The molecule has 1 heterocycles. The minimum atomic E-state index is -3.99. The number of ether oxygens (including phenoxy) is 1. The van der Waals surface area contributed by atoms with Gasteiger partial charge >= 0.3 is 0 Å². The Morgan fingerprint density at radius 1 is 1.52 bits per heavy atom. The Kier molecular flexibility index (Phi) is 1.43. The first-order valence-corrected chi connectivity index (χ1v) is 7.04. The lowest BCUT2D eigenvalue weighted by atomic mass is 9.68. The van der Waals surface area contributed by atoms with Crippen molar-refractivity contribution in [3.05, 3.63) is 34.9 Å². The minimum Gasteiger partial charge on any atom is -0.507 e. The summed E-state index contributed by atoms with van der Waals surface area (Å²) in [5.74, 6) is -7.50. The number of phenols is 1. The zero-order valence-corrected chi connectivity index (χ0v) is 13.0. The molecule has 1 aliphatic carbocycles. The van der Waals surface area contributed by atoms with Crippen LogP contribution in [0.4, 0.5) is 0 Å². The van der Waals surface area contributed by atoms with Crippen molar-refractivity contribution in [3.63, 3.8) is 0 Å². The maximum absolute atomic E-state index is 11.1. The van der Waals surface area contributed by atoms with E-state index in [1.165, 1.54) is 0 Å². The fraction of sp³-hybridized carbons (Fsp3) is 0.619. The fourth-order valence-electron chi connectivity index (χ4n) is 2.60. The number of hydrogen-bond donors (Lipinski definition) is 1. The summed E-state index contributed by atoms with van der Waals surface area (Å²) in [6.45, 7) is -0.373. The Morgan fingerprint density at radius 2 is 2.35 bits per heavy atom. The zero-order chi connectivity index (χ0) is 32.6. The van der Waals surface area contributed by atoms with Crippen LogP contribution in [0.25, 0.3) is 0 Å². The van der Waals surface area contributed by atoms with E-state index in [1.807, 2.05) is 0 Å². The van der Waals surface area contributed by atoms with E-state index >= 15 is 0 Å². The quantitative estimate of drug-likeness (QED) is 0.713. The second-order valence-electron chi connectivity index (χ2n) is 5.73. The summed E-state index contributed by atoms with van der Waals surface area (Å²) in [4.78, 5) is 0. The Morgan fingerprint density at radius 3 is 3.13 bits per heavy atom. The lowest BCUT2D eigenvalue weighted by Crippen LogP contribution is -2.45. The molecule has 2 heteroatoms. The molecule has 2 nitrogen and oxygen atoms in total. The van der Waals surface area contributed by atoms with Crippen LogP contribution in [-0.4, -0.2) is 10.7 Å². The van der Waals surface area contributed by atoms with Crippen molar-refractivity contribution in [3.8, 4) is 11.5 Å². The second-order valence-corrected chi connectivity index (χ2v) is 5.73. The summed E-state index contributed by atoms with van der Waals surface area (Å²) in [5.41, 5.74) is -4.28. The third-order valence-electron chi connectivity index (χ3n) is 3.57. The van der Waals surface area contributed by atoms with Gasteiger partial charge < -0.3 is 9.84 Å². The summed E-state index contributed by atoms with van der Waals surface area (Å²) in [6.07, 6.45) is -21.5. The number of hydrogen-bond acceptors (Lipinski definition) is 2. The SMILES string of the molecule is [2H]C1=C(C)C([2H])([2H])C([2H])([2H])[C@@]2([2H])C(C)(C)Oc3cc(C([2H])([2H])C([2H])([2H])C([2H])([2H])C([2H])([2H])C([2H])([2H])[2H])cc(O)c3[C@]12[2H]. The van der Waals surface area contributed by atoms with Gasteiger partial charge in [-0.15, -0.1) is 0 Å². The maximum Gasteiger partial charge on any atom is 0.127 e. The van der Waals surface area contributed by atoms with E-state index < -0.39 is 96.7 Å². The lowest BCUT2D eigenvalue weighted by molar-refractivity contribution is 0.0107. The zero-order valence-electron chi connectivity index (χ0n) is 31.0. The van der Waals surface area contributed by atoms with Gasteiger partial charge in [0, 0.05) is 40.7 Å². The molecule has 1 aromatic rings. The topological polar surface area (TPSA) is 29.5 Å². The molecule has 23 heavy (non-hydrogen) atoms. The lowest BCUT2D eigenvalue weighted by Gasteiger charge is -2.46. The summed E-state index contributed by atoms with van der Waals surface area (Å²) in [7, 11) is 0. The van der Waals surface area contributed by atoms with E-state index in [2.05, 4.69) is 0 Å². The monoisotopic (exact) mass is 332 g/mol. The van der Waals surface area contributed by atoms with Gasteiger partial charge in [-0.1, -0.05) is 31.2 Å². The number of allylic oxidation sites excluding steroid dienone is 2. The highest BCUT2D eigenvalue weighted by molar-refractivity contribution is 5.53. The number of fused-ring (bicyclic) bond motifs is 3. The first-order valence-electron chi connectivity index (χ1n) is 16.0. The van der Waals surface area contributed by atoms with E-state index in [9.17, 15) is 7.85 Å². The van der Waals surface area contributed by atoms with E-state index in [1.54, 1.807) is 0 Å². The predicted octanol–water partition coefficient (Wildman–Crippen LogP) is 5.74. The summed E-state index contributed by atoms with van der Waals surface area (Å²) >= 11 is 0. The van der Waals surface area contributed by atoms with Crippen LogP contribution in [0.1, 0.15) is 101 Å². The van der Waals surface area contributed by atoms with Crippen LogP contribution in [0.5, 0.6) is 11.5 Å². The highest BCUT2D eigenvalue weighted by atomic mass is 16.5. The van der Waals surface area contributed by atoms with Crippen molar-refractivity contribution in [2.75, 3.05) is 0 Å². The van der Waals surface area contributed by atoms with Gasteiger partial charge in [0.15, 0.2) is 0 Å². The van der Waals surface area contributed by atoms with Crippen LogP contribution in [0.2, 0.25) is 0 Å². The van der Waals surface area contributed by atoms with Crippen LogP contribution in [-0.2, 0) is 6.37 Å². The standard InChI is InChI=1S/C21H30O2/c1-5-6-7-8-15-12-18(22)20-16-11-14(2)9-10-17(16)21(3,4)23-19(20)13-15/h11-13,16-17,22H,5-10H2,1-4H3/t16-,17-/m1/s1/i1D3,5D2,6D2,7D2,8D2,9D2,10D2,11D,16D,17D. The van der Waals surface area contributed by atoms with Gasteiger partial charge in [-0.25, -0.2) is 0 Å². The average Bonchev–Trinajstić information content (AvgIpc) is 2.78. The highest BCUT2D eigenvalue weighted by Crippen LogP contribution is 2.53.